The number of benzene rings is 1. The van der Waals surface area contributed by atoms with Gasteiger partial charge in [0, 0.05) is 11.5 Å². The summed E-state index contributed by atoms with van der Waals surface area (Å²) in [6.45, 7) is 8.20. The molecule has 1 aromatic carbocycles. The molecule has 0 radical (unpaired) electrons. The number of ether oxygens (including phenoxy) is 1. The van der Waals surface area contributed by atoms with Crippen molar-refractivity contribution < 1.29 is 13.9 Å². The zero-order valence-corrected chi connectivity index (χ0v) is 12.9. The lowest BCUT2D eigenvalue weighted by molar-refractivity contribution is -0.117. The van der Waals surface area contributed by atoms with Crippen LogP contribution in [0.15, 0.2) is 40.3 Å². The molecule has 4 nitrogen and oxygen atoms in total. The number of furan rings is 1. The SMILES string of the molecule is CCOc1cccc2cc(C(C)NC(=O)C=C(C)C)oc12. The summed E-state index contributed by atoms with van der Waals surface area (Å²) in [5.41, 5.74) is 1.68. The number of carbonyl (C=O) groups excluding carboxylic acids is 1. The van der Waals surface area contributed by atoms with Crippen molar-refractivity contribution in [3.8, 4) is 5.75 Å². The van der Waals surface area contributed by atoms with Crippen LogP contribution in [0.1, 0.15) is 39.5 Å². The smallest absolute Gasteiger partial charge is 0.244 e. The highest BCUT2D eigenvalue weighted by atomic mass is 16.5. The fraction of sp³-hybridized carbons (Fsp3) is 0.353. The van der Waals surface area contributed by atoms with Crippen LogP contribution in [0.3, 0.4) is 0 Å². The van der Waals surface area contributed by atoms with Crippen molar-refractivity contribution in [2.75, 3.05) is 6.61 Å². The molecule has 0 saturated carbocycles. The lowest BCUT2D eigenvalue weighted by Gasteiger charge is -2.09. The molecule has 2 aromatic rings. The van der Waals surface area contributed by atoms with E-state index < -0.39 is 0 Å². The van der Waals surface area contributed by atoms with Gasteiger partial charge in [0.25, 0.3) is 0 Å². The molecule has 4 heteroatoms. The van der Waals surface area contributed by atoms with Gasteiger partial charge in [-0.25, -0.2) is 0 Å². The van der Waals surface area contributed by atoms with Gasteiger partial charge in [0.05, 0.1) is 12.6 Å². The van der Waals surface area contributed by atoms with Crippen LogP contribution in [0.4, 0.5) is 0 Å². The van der Waals surface area contributed by atoms with E-state index in [0.717, 1.165) is 22.3 Å². The second-order valence-corrected chi connectivity index (χ2v) is 5.21. The van der Waals surface area contributed by atoms with Crippen molar-refractivity contribution in [2.45, 2.75) is 33.7 Å². The first kappa shape index (κ1) is 15.2. The Morgan fingerprint density at radius 1 is 1.43 bits per heavy atom. The zero-order valence-electron chi connectivity index (χ0n) is 12.9. The monoisotopic (exact) mass is 287 g/mol. The summed E-state index contributed by atoms with van der Waals surface area (Å²) in [6.07, 6.45) is 1.57. The number of para-hydroxylation sites is 1. The van der Waals surface area contributed by atoms with E-state index in [4.69, 9.17) is 9.15 Å². The Morgan fingerprint density at radius 2 is 2.19 bits per heavy atom. The van der Waals surface area contributed by atoms with Gasteiger partial charge in [-0.3, -0.25) is 4.79 Å². The second kappa shape index (κ2) is 6.48. The molecule has 112 valence electrons. The van der Waals surface area contributed by atoms with Gasteiger partial charge >= 0.3 is 0 Å². The van der Waals surface area contributed by atoms with Gasteiger partial charge in [0.15, 0.2) is 11.3 Å². The molecule has 21 heavy (non-hydrogen) atoms. The summed E-state index contributed by atoms with van der Waals surface area (Å²) < 4.78 is 11.4. The highest BCUT2D eigenvalue weighted by Gasteiger charge is 2.15. The molecule has 1 unspecified atom stereocenters. The quantitative estimate of drug-likeness (QED) is 0.846. The van der Waals surface area contributed by atoms with E-state index in [2.05, 4.69) is 5.32 Å². The van der Waals surface area contributed by atoms with E-state index in [1.807, 2.05) is 52.0 Å². The average molecular weight is 287 g/mol. The molecule has 0 spiro atoms. The van der Waals surface area contributed by atoms with Crippen LogP contribution < -0.4 is 10.1 Å². The predicted octanol–water partition coefficient (Wildman–Crippen LogP) is 3.97. The number of carbonyl (C=O) groups is 1. The number of hydrogen-bond donors (Lipinski definition) is 1. The van der Waals surface area contributed by atoms with Crippen molar-refractivity contribution in [1.29, 1.82) is 0 Å². The standard InChI is InChI=1S/C17H21NO3/c1-5-20-14-8-6-7-13-10-15(21-17(13)14)12(4)18-16(19)9-11(2)3/h6-10,12H,5H2,1-4H3,(H,18,19). The van der Waals surface area contributed by atoms with Gasteiger partial charge in [0.2, 0.25) is 5.91 Å². The highest BCUT2D eigenvalue weighted by Crippen LogP contribution is 2.31. The molecule has 1 N–H and O–H groups in total. The summed E-state index contributed by atoms with van der Waals surface area (Å²) in [4.78, 5) is 11.8. The van der Waals surface area contributed by atoms with E-state index >= 15 is 0 Å². The van der Waals surface area contributed by atoms with Gasteiger partial charge in [-0.15, -0.1) is 0 Å². The number of amides is 1. The normalized spacial score (nSPS) is 12.0. The van der Waals surface area contributed by atoms with E-state index in [9.17, 15) is 4.79 Å². The molecule has 0 aliphatic rings. The fourth-order valence-electron chi connectivity index (χ4n) is 2.13. The second-order valence-electron chi connectivity index (χ2n) is 5.21. The van der Waals surface area contributed by atoms with E-state index in [1.54, 1.807) is 6.08 Å². The summed E-state index contributed by atoms with van der Waals surface area (Å²) >= 11 is 0. The van der Waals surface area contributed by atoms with Crippen molar-refractivity contribution in [2.24, 2.45) is 0 Å². The molecule has 1 atom stereocenters. The van der Waals surface area contributed by atoms with Crippen molar-refractivity contribution in [1.82, 2.24) is 5.32 Å². The number of allylic oxidation sites excluding steroid dienone is 1. The number of nitrogens with one attached hydrogen (secondary N) is 1. The van der Waals surface area contributed by atoms with Crippen molar-refractivity contribution >= 4 is 16.9 Å². The Labute approximate surface area is 124 Å². The summed E-state index contributed by atoms with van der Waals surface area (Å²) in [5, 5.41) is 3.86. The molecule has 1 amide bonds. The summed E-state index contributed by atoms with van der Waals surface area (Å²) in [6, 6.07) is 7.51. The van der Waals surface area contributed by atoms with Crippen molar-refractivity contribution in [3.63, 3.8) is 0 Å². The third-order valence-corrected chi connectivity index (χ3v) is 3.03. The Bertz CT molecular complexity index is 666. The lowest BCUT2D eigenvalue weighted by atomic mass is 10.2. The van der Waals surface area contributed by atoms with Crippen LogP contribution >= 0.6 is 0 Å². The predicted molar refractivity (Wildman–Crippen MR) is 83.4 cm³/mol. The third kappa shape index (κ3) is 3.66. The molecule has 1 aromatic heterocycles. The van der Waals surface area contributed by atoms with Crippen LogP contribution in [0, 0.1) is 0 Å². The largest absolute Gasteiger partial charge is 0.490 e. The molecule has 1 heterocycles. The molecule has 0 bridgehead atoms. The molecular formula is C17H21NO3. The lowest BCUT2D eigenvalue weighted by Crippen LogP contribution is -2.24. The Kier molecular flexibility index (Phi) is 4.68. The number of hydrogen-bond acceptors (Lipinski definition) is 3. The fourth-order valence-corrected chi connectivity index (χ4v) is 2.13. The van der Waals surface area contributed by atoms with Crippen LogP contribution in [-0.2, 0) is 4.79 Å². The van der Waals surface area contributed by atoms with Crippen LogP contribution in [-0.4, -0.2) is 12.5 Å². The zero-order chi connectivity index (χ0) is 15.4. The Morgan fingerprint density at radius 3 is 2.86 bits per heavy atom. The average Bonchev–Trinajstić information content (AvgIpc) is 2.83. The first-order valence-electron chi connectivity index (χ1n) is 7.12. The summed E-state index contributed by atoms with van der Waals surface area (Å²) in [5.74, 6) is 1.32. The minimum Gasteiger partial charge on any atom is -0.490 e. The van der Waals surface area contributed by atoms with Crippen LogP contribution in [0.25, 0.3) is 11.0 Å². The molecule has 0 saturated heterocycles. The van der Waals surface area contributed by atoms with E-state index in [1.165, 1.54) is 0 Å². The van der Waals surface area contributed by atoms with Gasteiger partial charge in [0.1, 0.15) is 5.76 Å². The topological polar surface area (TPSA) is 51.5 Å². The van der Waals surface area contributed by atoms with E-state index in [-0.39, 0.29) is 11.9 Å². The maximum atomic E-state index is 11.8. The van der Waals surface area contributed by atoms with Gasteiger partial charge < -0.3 is 14.5 Å². The first-order valence-corrected chi connectivity index (χ1v) is 7.12. The maximum absolute atomic E-state index is 11.8. The van der Waals surface area contributed by atoms with Crippen LogP contribution in [0.2, 0.25) is 0 Å². The molecule has 2 rings (SSSR count). The van der Waals surface area contributed by atoms with Crippen LogP contribution in [0.5, 0.6) is 5.75 Å². The maximum Gasteiger partial charge on any atom is 0.244 e. The van der Waals surface area contributed by atoms with Gasteiger partial charge in [-0.2, -0.15) is 0 Å². The minimum absolute atomic E-state index is 0.118. The Hall–Kier alpha value is -2.23. The molecule has 0 aliphatic carbocycles. The highest BCUT2D eigenvalue weighted by molar-refractivity contribution is 5.88. The number of rotatable bonds is 5. The number of fused-ring (bicyclic) bond motifs is 1. The van der Waals surface area contributed by atoms with Gasteiger partial charge in [-0.05, 0) is 39.8 Å². The van der Waals surface area contributed by atoms with E-state index in [0.29, 0.717) is 12.4 Å². The molecule has 0 aliphatic heterocycles. The third-order valence-electron chi connectivity index (χ3n) is 3.03. The van der Waals surface area contributed by atoms with Crippen molar-refractivity contribution in [3.05, 3.63) is 41.7 Å². The summed E-state index contributed by atoms with van der Waals surface area (Å²) in [7, 11) is 0. The minimum atomic E-state index is -0.199. The Balaban J connectivity index is 2.24. The first-order chi connectivity index (χ1) is 10.0. The molecule has 0 fully saturated rings. The van der Waals surface area contributed by atoms with Gasteiger partial charge in [-0.1, -0.05) is 17.7 Å². The molecular weight excluding hydrogens is 266 g/mol.